The van der Waals surface area contributed by atoms with Gasteiger partial charge in [0.15, 0.2) is 0 Å². The molecule has 0 aromatic heterocycles. The second kappa shape index (κ2) is 8.72. The number of carbonyl (C=O) groups is 2. The summed E-state index contributed by atoms with van der Waals surface area (Å²) < 4.78 is 11.0. The molecule has 0 spiro atoms. The highest BCUT2D eigenvalue weighted by atomic mass is 16.5. The van der Waals surface area contributed by atoms with E-state index in [1.165, 1.54) is 24.3 Å². The molecule has 0 saturated carbocycles. The summed E-state index contributed by atoms with van der Waals surface area (Å²) in [5, 5.41) is 8.87. The minimum absolute atomic E-state index is 0.134. The number of para-hydroxylation sites is 1. The lowest BCUT2D eigenvalue weighted by Gasteiger charge is -2.11. The molecule has 0 atom stereocenters. The van der Waals surface area contributed by atoms with Crippen LogP contribution in [-0.2, 0) is 0 Å². The van der Waals surface area contributed by atoms with E-state index in [4.69, 9.17) is 14.6 Å². The first-order chi connectivity index (χ1) is 11.6. The predicted octanol–water partition coefficient (Wildman–Crippen LogP) is 4.17. The standard InChI is InChI=1S/C19H20O5/c1-2-3-6-13-23-17-8-5-4-7-16(17)19(22)24-15-11-9-14(10-12-15)18(20)21/h4-5,7-12H,2-3,6,13H2,1H3,(H,20,21). The lowest BCUT2D eigenvalue weighted by molar-refractivity contribution is 0.0696. The van der Waals surface area contributed by atoms with Crippen molar-refractivity contribution >= 4 is 11.9 Å². The smallest absolute Gasteiger partial charge is 0.347 e. The largest absolute Gasteiger partial charge is 0.493 e. The van der Waals surface area contributed by atoms with Gasteiger partial charge in [0.2, 0.25) is 0 Å². The van der Waals surface area contributed by atoms with Gasteiger partial charge in [-0.25, -0.2) is 9.59 Å². The van der Waals surface area contributed by atoms with Gasteiger partial charge in [0.05, 0.1) is 12.2 Å². The molecule has 2 aromatic carbocycles. The molecule has 0 heterocycles. The van der Waals surface area contributed by atoms with E-state index >= 15 is 0 Å². The van der Waals surface area contributed by atoms with Crippen molar-refractivity contribution in [2.24, 2.45) is 0 Å². The summed E-state index contributed by atoms with van der Waals surface area (Å²) in [4.78, 5) is 23.1. The summed E-state index contributed by atoms with van der Waals surface area (Å²) in [6.07, 6.45) is 3.10. The fraction of sp³-hybridized carbons (Fsp3) is 0.263. The third-order valence-electron chi connectivity index (χ3n) is 3.42. The fourth-order valence-corrected chi connectivity index (χ4v) is 2.12. The molecule has 2 rings (SSSR count). The first kappa shape index (κ1) is 17.5. The Labute approximate surface area is 140 Å². The molecule has 0 aliphatic rings. The molecule has 126 valence electrons. The number of carboxylic acid groups (broad SMARTS) is 1. The van der Waals surface area contributed by atoms with Crippen molar-refractivity contribution in [3.05, 3.63) is 59.7 Å². The number of hydrogen-bond donors (Lipinski definition) is 1. The molecule has 24 heavy (non-hydrogen) atoms. The molecule has 0 aliphatic heterocycles. The highest BCUT2D eigenvalue weighted by molar-refractivity contribution is 5.94. The van der Waals surface area contributed by atoms with Gasteiger partial charge in [0.1, 0.15) is 17.1 Å². The summed E-state index contributed by atoms with van der Waals surface area (Å²) in [6.45, 7) is 2.66. The number of aromatic carboxylic acids is 1. The van der Waals surface area contributed by atoms with Crippen LogP contribution in [0.25, 0.3) is 0 Å². The molecule has 5 nitrogen and oxygen atoms in total. The third kappa shape index (κ3) is 4.84. The lowest BCUT2D eigenvalue weighted by Crippen LogP contribution is -2.11. The third-order valence-corrected chi connectivity index (χ3v) is 3.42. The highest BCUT2D eigenvalue weighted by Crippen LogP contribution is 2.21. The number of unbranched alkanes of at least 4 members (excludes halogenated alkanes) is 2. The number of benzene rings is 2. The van der Waals surface area contributed by atoms with Crippen LogP contribution in [0.4, 0.5) is 0 Å². The van der Waals surface area contributed by atoms with Gasteiger partial charge in [-0.1, -0.05) is 31.9 Å². The maximum absolute atomic E-state index is 12.3. The van der Waals surface area contributed by atoms with Crippen LogP contribution in [0.2, 0.25) is 0 Å². The zero-order chi connectivity index (χ0) is 17.4. The molecular weight excluding hydrogens is 308 g/mol. The summed E-state index contributed by atoms with van der Waals surface area (Å²) in [5.41, 5.74) is 0.478. The number of carbonyl (C=O) groups excluding carboxylic acids is 1. The number of esters is 1. The second-order valence-corrected chi connectivity index (χ2v) is 5.27. The zero-order valence-corrected chi connectivity index (χ0v) is 13.5. The van der Waals surface area contributed by atoms with Crippen molar-refractivity contribution in [2.75, 3.05) is 6.61 Å². The first-order valence-corrected chi connectivity index (χ1v) is 7.89. The lowest BCUT2D eigenvalue weighted by atomic mass is 10.2. The van der Waals surface area contributed by atoms with Crippen LogP contribution < -0.4 is 9.47 Å². The van der Waals surface area contributed by atoms with Gasteiger partial charge in [0.25, 0.3) is 0 Å². The number of ether oxygens (including phenoxy) is 2. The average molecular weight is 328 g/mol. The van der Waals surface area contributed by atoms with Crippen molar-refractivity contribution in [3.63, 3.8) is 0 Å². The van der Waals surface area contributed by atoms with Crippen molar-refractivity contribution in [2.45, 2.75) is 26.2 Å². The first-order valence-electron chi connectivity index (χ1n) is 7.89. The van der Waals surface area contributed by atoms with E-state index in [0.717, 1.165) is 19.3 Å². The Hall–Kier alpha value is -2.82. The number of carboxylic acids is 1. The van der Waals surface area contributed by atoms with Crippen molar-refractivity contribution < 1.29 is 24.2 Å². The normalized spacial score (nSPS) is 10.2. The fourth-order valence-electron chi connectivity index (χ4n) is 2.12. The molecule has 1 N–H and O–H groups in total. The molecule has 0 fully saturated rings. The zero-order valence-electron chi connectivity index (χ0n) is 13.5. The Morgan fingerprint density at radius 2 is 1.71 bits per heavy atom. The van der Waals surface area contributed by atoms with Gasteiger partial charge >= 0.3 is 11.9 Å². The van der Waals surface area contributed by atoms with E-state index in [0.29, 0.717) is 17.9 Å². The van der Waals surface area contributed by atoms with E-state index in [1.54, 1.807) is 24.3 Å². The minimum atomic E-state index is -1.03. The van der Waals surface area contributed by atoms with Crippen LogP contribution in [0.5, 0.6) is 11.5 Å². The van der Waals surface area contributed by atoms with E-state index in [-0.39, 0.29) is 11.3 Å². The van der Waals surface area contributed by atoms with Crippen LogP contribution in [-0.4, -0.2) is 23.7 Å². The van der Waals surface area contributed by atoms with Gasteiger partial charge in [-0.15, -0.1) is 0 Å². The van der Waals surface area contributed by atoms with E-state index in [2.05, 4.69) is 6.92 Å². The molecule has 5 heteroatoms. The minimum Gasteiger partial charge on any atom is -0.493 e. The predicted molar refractivity (Wildman–Crippen MR) is 89.8 cm³/mol. The van der Waals surface area contributed by atoms with Gasteiger partial charge in [-0.05, 0) is 42.8 Å². The molecule has 0 radical (unpaired) electrons. The topological polar surface area (TPSA) is 72.8 Å². The molecule has 0 aliphatic carbocycles. The van der Waals surface area contributed by atoms with Crippen molar-refractivity contribution in [3.8, 4) is 11.5 Å². The van der Waals surface area contributed by atoms with Gasteiger partial charge < -0.3 is 14.6 Å². The molecule has 2 aromatic rings. The Morgan fingerprint density at radius 3 is 2.38 bits per heavy atom. The van der Waals surface area contributed by atoms with Crippen LogP contribution in [0, 0.1) is 0 Å². The van der Waals surface area contributed by atoms with E-state index < -0.39 is 11.9 Å². The van der Waals surface area contributed by atoms with Gasteiger partial charge in [0, 0.05) is 0 Å². The van der Waals surface area contributed by atoms with Crippen LogP contribution in [0.15, 0.2) is 48.5 Å². The number of hydrogen-bond acceptors (Lipinski definition) is 4. The van der Waals surface area contributed by atoms with Crippen LogP contribution >= 0.6 is 0 Å². The summed E-state index contributed by atoms with van der Waals surface area (Å²) in [5.74, 6) is -0.797. The molecule has 0 amide bonds. The van der Waals surface area contributed by atoms with Crippen molar-refractivity contribution in [1.29, 1.82) is 0 Å². The van der Waals surface area contributed by atoms with E-state index in [9.17, 15) is 9.59 Å². The highest BCUT2D eigenvalue weighted by Gasteiger charge is 2.15. The summed E-state index contributed by atoms with van der Waals surface area (Å²) in [7, 11) is 0. The SMILES string of the molecule is CCCCCOc1ccccc1C(=O)Oc1ccc(C(=O)O)cc1. The second-order valence-electron chi connectivity index (χ2n) is 5.27. The van der Waals surface area contributed by atoms with E-state index in [1.807, 2.05) is 0 Å². The van der Waals surface area contributed by atoms with Gasteiger partial charge in [-0.3, -0.25) is 0 Å². The van der Waals surface area contributed by atoms with Crippen molar-refractivity contribution in [1.82, 2.24) is 0 Å². The van der Waals surface area contributed by atoms with Gasteiger partial charge in [-0.2, -0.15) is 0 Å². The maximum Gasteiger partial charge on any atom is 0.347 e. The average Bonchev–Trinajstić information content (AvgIpc) is 2.59. The molecule has 0 unspecified atom stereocenters. The molecule has 0 saturated heterocycles. The van der Waals surface area contributed by atoms with Crippen LogP contribution in [0.3, 0.4) is 0 Å². The Morgan fingerprint density at radius 1 is 1.00 bits per heavy atom. The summed E-state index contributed by atoms with van der Waals surface area (Å²) in [6, 6.07) is 12.6. The summed E-state index contributed by atoms with van der Waals surface area (Å²) >= 11 is 0. The Bertz CT molecular complexity index is 691. The Kier molecular flexibility index (Phi) is 6.37. The molecule has 0 bridgehead atoms. The quantitative estimate of drug-likeness (QED) is 0.447. The number of rotatable bonds is 8. The monoisotopic (exact) mass is 328 g/mol. The maximum atomic E-state index is 12.3. The molecular formula is C19H20O5. The van der Waals surface area contributed by atoms with Crippen LogP contribution in [0.1, 0.15) is 46.9 Å². The Balaban J connectivity index is 2.05.